The molecule has 1 aliphatic heterocycles. The molecule has 4 heterocycles. The van der Waals surface area contributed by atoms with Gasteiger partial charge in [-0.15, -0.1) is 11.3 Å². The summed E-state index contributed by atoms with van der Waals surface area (Å²) in [7, 11) is 0. The molecule has 8 heteroatoms. The second-order valence-corrected chi connectivity index (χ2v) is 7.04. The zero-order valence-electron chi connectivity index (χ0n) is 14.3. The highest BCUT2D eigenvalue weighted by Gasteiger charge is 2.30. The van der Waals surface area contributed by atoms with Crippen molar-refractivity contribution in [3.63, 3.8) is 0 Å². The number of nitrogens with one attached hydrogen (secondary N) is 1. The van der Waals surface area contributed by atoms with Crippen LogP contribution in [-0.4, -0.2) is 22.3 Å². The maximum atomic E-state index is 12.8. The molecule has 1 aliphatic rings. The summed E-state index contributed by atoms with van der Waals surface area (Å²) in [5.74, 6) is 1.10. The second-order valence-electron chi connectivity index (χ2n) is 6.00. The summed E-state index contributed by atoms with van der Waals surface area (Å²) in [5.41, 5.74) is 1.75. The molecule has 0 saturated heterocycles. The molecule has 0 spiro atoms. The highest BCUT2D eigenvalue weighted by atomic mass is 32.1. The SMILES string of the molecule is O=Cc1sc2nccc3c2c1NC(=O)N3c1ccc(Oc2ccccc2)nc1. The van der Waals surface area contributed by atoms with E-state index < -0.39 is 0 Å². The van der Waals surface area contributed by atoms with Gasteiger partial charge in [0, 0.05) is 12.3 Å². The number of rotatable bonds is 4. The first-order valence-corrected chi connectivity index (χ1v) is 9.23. The first kappa shape index (κ1) is 16.4. The maximum absolute atomic E-state index is 12.8. The third-order valence-electron chi connectivity index (χ3n) is 4.32. The van der Waals surface area contributed by atoms with Gasteiger partial charge in [0.1, 0.15) is 10.6 Å². The van der Waals surface area contributed by atoms with Gasteiger partial charge in [-0.25, -0.2) is 14.8 Å². The monoisotopic (exact) mass is 388 g/mol. The molecule has 0 aliphatic carbocycles. The third kappa shape index (κ3) is 2.58. The summed E-state index contributed by atoms with van der Waals surface area (Å²) in [6.07, 6.45) is 3.93. The van der Waals surface area contributed by atoms with Crippen LogP contribution >= 0.6 is 11.3 Å². The van der Waals surface area contributed by atoms with Crippen LogP contribution < -0.4 is 15.0 Å². The Labute approximate surface area is 163 Å². The van der Waals surface area contributed by atoms with Gasteiger partial charge in [-0.3, -0.25) is 9.69 Å². The summed E-state index contributed by atoms with van der Waals surface area (Å²) >= 11 is 1.25. The Morgan fingerprint density at radius 3 is 2.68 bits per heavy atom. The fraction of sp³-hybridized carbons (Fsp3) is 0. The van der Waals surface area contributed by atoms with Gasteiger partial charge in [0.2, 0.25) is 5.88 Å². The Hall–Kier alpha value is -3.78. The lowest BCUT2D eigenvalue weighted by Gasteiger charge is -2.27. The molecule has 0 radical (unpaired) electrons. The van der Waals surface area contributed by atoms with Crippen molar-refractivity contribution in [3.8, 4) is 11.6 Å². The summed E-state index contributed by atoms with van der Waals surface area (Å²) in [6.45, 7) is 0. The number of hydrogen-bond acceptors (Lipinski definition) is 6. The van der Waals surface area contributed by atoms with E-state index in [2.05, 4.69) is 15.3 Å². The lowest BCUT2D eigenvalue weighted by atomic mass is 10.1. The van der Waals surface area contributed by atoms with E-state index in [0.29, 0.717) is 38.4 Å². The Bertz CT molecular complexity index is 1210. The van der Waals surface area contributed by atoms with Crippen molar-refractivity contribution in [1.29, 1.82) is 0 Å². The summed E-state index contributed by atoms with van der Waals surface area (Å²) in [4.78, 5) is 35.4. The fourth-order valence-corrected chi connectivity index (χ4v) is 4.05. The smallest absolute Gasteiger partial charge is 0.331 e. The Morgan fingerprint density at radius 2 is 1.93 bits per heavy atom. The number of amides is 2. The quantitative estimate of drug-likeness (QED) is 0.499. The van der Waals surface area contributed by atoms with E-state index in [9.17, 15) is 9.59 Å². The van der Waals surface area contributed by atoms with Crippen molar-refractivity contribution in [2.24, 2.45) is 0 Å². The van der Waals surface area contributed by atoms with Gasteiger partial charge in [-0.05, 0) is 24.3 Å². The molecule has 0 bridgehead atoms. The number of aromatic nitrogens is 2. The van der Waals surface area contributed by atoms with Crippen LogP contribution in [0.25, 0.3) is 10.2 Å². The highest BCUT2D eigenvalue weighted by molar-refractivity contribution is 7.21. The zero-order chi connectivity index (χ0) is 19.1. The number of carbonyl (C=O) groups is 2. The van der Waals surface area contributed by atoms with Crippen molar-refractivity contribution in [2.45, 2.75) is 0 Å². The Balaban J connectivity index is 1.54. The Kier molecular flexibility index (Phi) is 3.77. The number of ether oxygens (including phenoxy) is 1. The van der Waals surface area contributed by atoms with Crippen molar-refractivity contribution in [3.05, 3.63) is 65.8 Å². The number of aldehydes is 1. The van der Waals surface area contributed by atoms with E-state index in [1.54, 1.807) is 30.6 Å². The van der Waals surface area contributed by atoms with E-state index in [0.717, 1.165) is 11.7 Å². The molecule has 28 heavy (non-hydrogen) atoms. The van der Waals surface area contributed by atoms with Crippen LogP contribution in [0.15, 0.2) is 60.9 Å². The van der Waals surface area contributed by atoms with Crippen LogP contribution in [0.3, 0.4) is 0 Å². The standard InChI is InChI=1S/C20H12N4O3S/c25-11-15-18-17-14(8-9-21-19(17)28-15)24(20(26)23-18)12-6-7-16(22-10-12)27-13-4-2-1-3-5-13/h1-11H,(H,23,26). The van der Waals surface area contributed by atoms with Crippen LogP contribution in [0.2, 0.25) is 0 Å². The number of thiophene rings is 1. The molecule has 0 unspecified atom stereocenters. The van der Waals surface area contributed by atoms with Gasteiger partial charge < -0.3 is 10.1 Å². The zero-order valence-corrected chi connectivity index (χ0v) is 15.1. The topological polar surface area (TPSA) is 84.4 Å². The first-order chi connectivity index (χ1) is 13.7. The lowest BCUT2D eigenvalue weighted by molar-refractivity contribution is 0.112. The molecule has 1 aromatic carbocycles. The highest BCUT2D eigenvalue weighted by Crippen LogP contribution is 2.45. The summed E-state index contributed by atoms with van der Waals surface area (Å²) in [5, 5.41) is 3.54. The Morgan fingerprint density at radius 1 is 1.07 bits per heavy atom. The van der Waals surface area contributed by atoms with E-state index in [-0.39, 0.29) is 6.03 Å². The fourth-order valence-electron chi connectivity index (χ4n) is 3.12. The van der Waals surface area contributed by atoms with Gasteiger partial charge >= 0.3 is 6.03 Å². The minimum absolute atomic E-state index is 0.361. The molecular weight excluding hydrogens is 376 g/mol. The molecule has 0 atom stereocenters. The van der Waals surface area contributed by atoms with Crippen molar-refractivity contribution in [2.75, 3.05) is 10.2 Å². The van der Waals surface area contributed by atoms with Crippen molar-refractivity contribution < 1.29 is 14.3 Å². The molecule has 5 rings (SSSR count). The van der Waals surface area contributed by atoms with Gasteiger partial charge in [0.25, 0.3) is 0 Å². The summed E-state index contributed by atoms with van der Waals surface area (Å²) < 4.78 is 5.70. The molecule has 3 aromatic heterocycles. The van der Waals surface area contributed by atoms with Crippen LogP contribution in [0, 0.1) is 0 Å². The van der Waals surface area contributed by atoms with Crippen molar-refractivity contribution >= 4 is 50.9 Å². The number of nitrogens with zero attached hydrogens (tertiary/aromatic N) is 3. The number of benzene rings is 1. The third-order valence-corrected chi connectivity index (χ3v) is 5.35. The minimum Gasteiger partial charge on any atom is -0.439 e. The lowest BCUT2D eigenvalue weighted by Crippen LogP contribution is -2.34. The van der Waals surface area contributed by atoms with Crippen LogP contribution in [-0.2, 0) is 0 Å². The average molecular weight is 388 g/mol. The van der Waals surface area contributed by atoms with Crippen LogP contribution in [0.5, 0.6) is 11.6 Å². The molecule has 1 N–H and O–H groups in total. The van der Waals surface area contributed by atoms with Gasteiger partial charge in [-0.1, -0.05) is 18.2 Å². The number of hydrogen-bond donors (Lipinski definition) is 1. The number of anilines is 3. The number of para-hydroxylation sites is 1. The number of urea groups is 1. The van der Waals surface area contributed by atoms with Crippen LogP contribution in [0.4, 0.5) is 21.9 Å². The second kappa shape index (κ2) is 6.43. The predicted octanol–water partition coefficient (Wildman–Crippen LogP) is 4.98. The molecule has 4 aromatic rings. The average Bonchev–Trinajstić information content (AvgIpc) is 3.09. The van der Waals surface area contributed by atoms with Crippen molar-refractivity contribution in [1.82, 2.24) is 9.97 Å². The first-order valence-electron chi connectivity index (χ1n) is 8.41. The normalized spacial score (nSPS) is 12.7. The predicted molar refractivity (Wildman–Crippen MR) is 107 cm³/mol. The van der Waals surface area contributed by atoms with E-state index >= 15 is 0 Å². The molecule has 7 nitrogen and oxygen atoms in total. The minimum atomic E-state index is -0.361. The summed E-state index contributed by atoms with van der Waals surface area (Å²) in [6, 6.07) is 14.2. The van der Waals surface area contributed by atoms with E-state index in [1.165, 1.54) is 16.2 Å². The van der Waals surface area contributed by atoms with E-state index in [1.807, 2.05) is 30.3 Å². The van der Waals surface area contributed by atoms with Crippen LogP contribution in [0.1, 0.15) is 9.67 Å². The molecule has 136 valence electrons. The van der Waals surface area contributed by atoms with E-state index in [4.69, 9.17) is 4.74 Å². The molecular formula is C20H12N4O3S. The molecule has 0 fully saturated rings. The number of carbonyl (C=O) groups excluding carboxylic acids is 2. The molecule has 2 amide bonds. The number of pyridine rings is 2. The maximum Gasteiger partial charge on any atom is 0.331 e. The van der Waals surface area contributed by atoms with Gasteiger partial charge in [-0.2, -0.15) is 0 Å². The van der Waals surface area contributed by atoms with Gasteiger partial charge in [0.15, 0.2) is 6.29 Å². The van der Waals surface area contributed by atoms with Gasteiger partial charge in [0.05, 0.1) is 33.5 Å². The largest absolute Gasteiger partial charge is 0.439 e. The molecule has 0 saturated carbocycles.